The molecule has 0 spiro atoms. The van der Waals surface area contributed by atoms with E-state index in [9.17, 15) is 0 Å². The van der Waals surface area contributed by atoms with E-state index in [4.69, 9.17) is 4.52 Å². The van der Waals surface area contributed by atoms with E-state index in [0.717, 1.165) is 12.2 Å². The van der Waals surface area contributed by atoms with Crippen molar-refractivity contribution in [3.63, 3.8) is 0 Å². The monoisotopic (exact) mass is 238 g/mol. The molecule has 1 aromatic heterocycles. The number of hydrogen-bond donors (Lipinski definition) is 2. The van der Waals surface area contributed by atoms with Crippen LogP contribution in [0, 0.1) is 0 Å². The van der Waals surface area contributed by atoms with Crippen LogP contribution in [0.2, 0.25) is 0 Å². The smallest absolute Gasteiger partial charge is 0.213 e. The Morgan fingerprint density at radius 1 is 1.53 bits per heavy atom. The molecule has 0 bridgehead atoms. The molecule has 5 nitrogen and oxygen atoms in total. The fourth-order valence-electron chi connectivity index (χ4n) is 2.35. The molecule has 1 fully saturated rings. The van der Waals surface area contributed by atoms with Crippen molar-refractivity contribution in [3.8, 4) is 0 Å². The van der Waals surface area contributed by atoms with Crippen LogP contribution in [-0.2, 0) is 6.54 Å². The minimum absolute atomic E-state index is 0.476. The highest BCUT2D eigenvalue weighted by Crippen LogP contribution is 2.12. The van der Waals surface area contributed by atoms with Gasteiger partial charge in [0, 0.05) is 12.1 Å². The Kier molecular flexibility index (Phi) is 4.94. The lowest BCUT2D eigenvalue weighted by atomic mass is 10.0. The summed E-state index contributed by atoms with van der Waals surface area (Å²) in [5.41, 5.74) is 0. The Morgan fingerprint density at radius 3 is 3.29 bits per heavy atom. The molecule has 0 radical (unpaired) electrons. The molecule has 1 aromatic rings. The van der Waals surface area contributed by atoms with Gasteiger partial charge in [-0.05, 0) is 32.7 Å². The van der Waals surface area contributed by atoms with Gasteiger partial charge in [0.1, 0.15) is 0 Å². The lowest BCUT2D eigenvalue weighted by Crippen LogP contribution is -2.36. The second-order valence-corrected chi connectivity index (χ2v) is 4.87. The van der Waals surface area contributed by atoms with Gasteiger partial charge in [-0.15, -0.1) is 0 Å². The van der Waals surface area contributed by atoms with Gasteiger partial charge < -0.3 is 15.2 Å². The van der Waals surface area contributed by atoms with Gasteiger partial charge >= 0.3 is 0 Å². The van der Waals surface area contributed by atoms with Gasteiger partial charge in [0.15, 0.2) is 5.82 Å². The van der Waals surface area contributed by atoms with E-state index in [0.29, 0.717) is 18.6 Å². The first-order chi connectivity index (χ1) is 8.34. The Labute approximate surface area is 102 Å². The highest BCUT2D eigenvalue weighted by Gasteiger charge is 2.14. The average molecular weight is 238 g/mol. The zero-order valence-electron chi connectivity index (χ0n) is 10.5. The molecule has 2 N–H and O–H groups in total. The Morgan fingerprint density at radius 2 is 2.47 bits per heavy atom. The summed E-state index contributed by atoms with van der Waals surface area (Å²) in [5, 5.41) is 10.8. The molecule has 2 heterocycles. The third-order valence-electron chi connectivity index (χ3n) is 3.32. The molecule has 1 aliphatic heterocycles. The lowest BCUT2D eigenvalue weighted by Gasteiger charge is -2.20. The summed E-state index contributed by atoms with van der Waals surface area (Å²) in [4.78, 5) is 3.99. The zero-order chi connectivity index (χ0) is 11.9. The normalized spacial score (nSPS) is 23.2. The van der Waals surface area contributed by atoms with E-state index in [1.54, 1.807) is 0 Å². The van der Waals surface area contributed by atoms with Crippen LogP contribution in [0.25, 0.3) is 0 Å². The van der Waals surface area contributed by atoms with Crippen molar-refractivity contribution < 1.29 is 4.52 Å². The SMILES string of the molecule is CC(CC1CCCCCN1)NCc1ncon1. The summed E-state index contributed by atoms with van der Waals surface area (Å²) in [6, 6.07) is 1.13. The number of rotatable bonds is 5. The average Bonchev–Trinajstić information content (AvgIpc) is 2.72. The Bertz CT molecular complexity index is 293. The maximum absolute atomic E-state index is 4.70. The van der Waals surface area contributed by atoms with Gasteiger partial charge in [0.25, 0.3) is 0 Å². The third-order valence-corrected chi connectivity index (χ3v) is 3.32. The fraction of sp³-hybridized carbons (Fsp3) is 0.833. The summed E-state index contributed by atoms with van der Waals surface area (Å²) in [6.45, 7) is 4.07. The molecule has 1 aliphatic rings. The molecule has 0 aliphatic carbocycles. The Hall–Kier alpha value is -0.940. The van der Waals surface area contributed by atoms with Crippen molar-refractivity contribution in [1.29, 1.82) is 0 Å². The van der Waals surface area contributed by atoms with Crippen LogP contribution < -0.4 is 10.6 Å². The number of nitrogens with zero attached hydrogens (tertiary/aromatic N) is 2. The summed E-state index contributed by atoms with van der Waals surface area (Å²) in [5.74, 6) is 0.727. The first-order valence-corrected chi connectivity index (χ1v) is 6.56. The van der Waals surface area contributed by atoms with E-state index in [-0.39, 0.29) is 0 Å². The molecule has 5 heteroatoms. The predicted octanol–water partition coefficient (Wildman–Crippen LogP) is 1.47. The first-order valence-electron chi connectivity index (χ1n) is 6.56. The standard InChI is InChI=1S/C12H22N4O/c1-10(14-8-12-15-9-17-16-12)7-11-5-3-2-4-6-13-11/h9-11,13-14H,2-8H2,1H3. The molecule has 1 saturated heterocycles. The second-order valence-electron chi connectivity index (χ2n) is 4.87. The van der Waals surface area contributed by atoms with Crippen molar-refractivity contribution in [2.75, 3.05) is 6.54 Å². The molecule has 2 unspecified atom stereocenters. The van der Waals surface area contributed by atoms with Crippen molar-refractivity contribution >= 4 is 0 Å². The van der Waals surface area contributed by atoms with Gasteiger partial charge in [-0.2, -0.15) is 4.98 Å². The number of aromatic nitrogens is 2. The van der Waals surface area contributed by atoms with E-state index >= 15 is 0 Å². The van der Waals surface area contributed by atoms with Crippen LogP contribution in [0.15, 0.2) is 10.9 Å². The molecule has 96 valence electrons. The van der Waals surface area contributed by atoms with Crippen molar-refractivity contribution in [2.45, 2.75) is 57.7 Å². The molecular formula is C12H22N4O. The highest BCUT2D eigenvalue weighted by atomic mass is 16.5. The van der Waals surface area contributed by atoms with Gasteiger partial charge in [-0.3, -0.25) is 0 Å². The maximum atomic E-state index is 4.70. The van der Waals surface area contributed by atoms with Gasteiger partial charge in [0.2, 0.25) is 6.39 Å². The molecule has 0 amide bonds. The topological polar surface area (TPSA) is 63.0 Å². The quantitative estimate of drug-likeness (QED) is 0.813. The highest BCUT2D eigenvalue weighted by molar-refractivity contribution is 4.80. The van der Waals surface area contributed by atoms with E-state index < -0.39 is 0 Å². The van der Waals surface area contributed by atoms with Crippen molar-refractivity contribution in [1.82, 2.24) is 20.8 Å². The minimum Gasteiger partial charge on any atom is -0.343 e. The van der Waals surface area contributed by atoms with E-state index in [1.165, 1.54) is 38.6 Å². The summed E-state index contributed by atoms with van der Waals surface area (Å²) >= 11 is 0. The molecular weight excluding hydrogens is 216 g/mol. The molecule has 2 rings (SSSR count). The predicted molar refractivity (Wildman–Crippen MR) is 65.5 cm³/mol. The van der Waals surface area contributed by atoms with Crippen LogP contribution in [0.5, 0.6) is 0 Å². The van der Waals surface area contributed by atoms with E-state index in [1.807, 2.05) is 0 Å². The van der Waals surface area contributed by atoms with Crippen LogP contribution in [0.1, 0.15) is 44.9 Å². The Balaban J connectivity index is 1.67. The van der Waals surface area contributed by atoms with Gasteiger partial charge in [0.05, 0.1) is 6.54 Å². The second kappa shape index (κ2) is 6.71. The van der Waals surface area contributed by atoms with Crippen molar-refractivity contribution in [3.05, 3.63) is 12.2 Å². The summed E-state index contributed by atoms with van der Waals surface area (Å²) < 4.78 is 4.70. The van der Waals surface area contributed by atoms with Crippen molar-refractivity contribution in [2.24, 2.45) is 0 Å². The van der Waals surface area contributed by atoms with Crippen LogP contribution >= 0.6 is 0 Å². The maximum Gasteiger partial charge on any atom is 0.213 e. The molecule has 2 atom stereocenters. The van der Waals surface area contributed by atoms with Crippen LogP contribution in [0.4, 0.5) is 0 Å². The van der Waals surface area contributed by atoms with E-state index in [2.05, 4.69) is 27.7 Å². The number of nitrogens with one attached hydrogen (secondary N) is 2. The van der Waals surface area contributed by atoms with Crippen LogP contribution in [0.3, 0.4) is 0 Å². The minimum atomic E-state index is 0.476. The molecule has 0 aromatic carbocycles. The summed E-state index contributed by atoms with van der Waals surface area (Å²) in [6.07, 6.45) is 7.88. The molecule has 0 saturated carbocycles. The molecule has 17 heavy (non-hydrogen) atoms. The summed E-state index contributed by atoms with van der Waals surface area (Å²) in [7, 11) is 0. The van der Waals surface area contributed by atoms with Gasteiger partial charge in [-0.25, -0.2) is 0 Å². The van der Waals surface area contributed by atoms with Gasteiger partial charge in [-0.1, -0.05) is 18.0 Å². The van der Waals surface area contributed by atoms with Crippen LogP contribution in [-0.4, -0.2) is 28.8 Å². The lowest BCUT2D eigenvalue weighted by molar-refractivity contribution is 0.386. The third kappa shape index (κ3) is 4.44. The number of hydrogen-bond acceptors (Lipinski definition) is 5. The fourth-order valence-corrected chi connectivity index (χ4v) is 2.35. The zero-order valence-corrected chi connectivity index (χ0v) is 10.5. The largest absolute Gasteiger partial charge is 0.343 e. The first kappa shape index (κ1) is 12.5.